The minimum Gasteiger partial charge on any atom is -0.458 e. The smallest absolute Gasteiger partial charge is 0.331 e. The molecule has 5 aliphatic rings. The molecular formula is C23H30O5. The van der Waals surface area contributed by atoms with Crippen molar-refractivity contribution >= 4 is 5.97 Å². The van der Waals surface area contributed by atoms with E-state index in [2.05, 4.69) is 39.8 Å². The Morgan fingerprint density at radius 2 is 2.11 bits per heavy atom. The van der Waals surface area contributed by atoms with Crippen LogP contribution >= 0.6 is 0 Å². The molecule has 5 rings (SSSR count). The van der Waals surface area contributed by atoms with Gasteiger partial charge in [0.25, 0.3) is 0 Å². The fraction of sp³-hybridized carbons (Fsp3) is 0.696. The summed E-state index contributed by atoms with van der Waals surface area (Å²) in [5.41, 5.74) is 0.268. The number of unbranched alkanes of at least 4 members (excludes halogenated alkanes) is 1. The monoisotopic (exact) mass is 386 g/mol. The van der Waals surface area contributed by atoms with Crippen molar-refractivity contribution in [2.24, 2.45) is 10.8 Å². The third-order valence-electron chi connectivity index (χ3n) is 8.09. The lowest BCUT2D eigenvalue weighted by Crippen LogP contribution is -2.66. The number of epoxide rings is 2. The molecule has 3 saturated heterocycles. The van der Waals surface area contributed by atoms with E-state index in [0.29, 0.717) is 13.0 Å². The van der Waals surface area contributed by atoms with Gasteiger partial charge in [0.1, 0.15) is 17.8 Å². The first-order valence-corrected chi connectivity index (χ1v) is 10.6. The number of esters is 1. The van der Waals surface area contributed by atoms with Crippen LogP contribution in [-0.2, 0) is 23.7 Å². The first-order valence-electron chi connectivity index (χ1n) is 10.6. The zero-order valence-corrected chi connectivity index (χ0v) is 17.1. The van der Waals surface area contributed by atoms with Crippen molar-refractivity contribution < 1.29 is 23.7 Å². The van der Waals surface area contributed by atoms with Gasteiger partial charge < -0.3 is 18.9 Å². The summed E-state index contributed by atoms with van der Waals surface area (Å²) < 4.78 is 24.7. The Labute approximate surface area is 166 Å². The third-order valence-corrected chi connectivity index (χ3v) is 8.09. The second-order valence-corrected chi connectivity index (χ2v) is 9.33. The Hall–Kier alpha value is -1.43. The van der Waals surface area contributed by atoms with Crippen molar-refractivity contribution in [3.8, 4) is 0 Å². The van der Waals surface area contributed by atoms with E-state index in [1.54, 1.807) is 6.08 Å². The fourth-order valence-electron chi connectivity index (χ4n) is 6.11. The van der Waals surface area contributed by atoms with Gasteiger partial charge in [-0.3, -0.25) is 0 Å². The van der Waals surface area contributed by atoms with Crippen molar-refractivity contribution in [2.45, 2.75) is 83.1 Å². The van der Waals surface area contributed by atoms with Crippen LogP contribution in [-0.4, -0.2) is 48.7 Å². The number of carbonyl (C=O) groups excluding carboxylic acids is 1. The number of carbonyl (C=O) groups is 1. The number of hydrogen-bond donors (Lipinski definition) is 0. The maximum absolute atomic E-state index is 12.5. The lowest BCUT2D eigenvalue weighted by molar-refractivity contribution is -0.212. The number of hydrogen-bond acceptors (Lipinski definition) is 5. The highest BCUT2D eigenvalue weighted by Gasteiger charge is 2.85. The largest absolute Gasteiger partial charge is 0.458 e. The van der Waals surface area contributed by atoms with Crippen LogP contribution in [0.3, 0.4) is 0 Å². The number of fused-ring (bicyclic) bond motifs is 4. The van der Waals surface area contributed by atoms with Crippen LogP contribution in [0.4, 0.5) is 0 Å². The van der Waals surface area contributed by atoms with Gasteiger partial charge in [0.05, 0.1) is 24.9 Å². The highest BCUT2D eigenvalue weighted by atomic mass is 16.6. The standard InChI is InChI=1S/C23H30O5/c1-5-6-7-8-9-10-18(24)27-16-12-17-23(13-25-23)22(16,4)21(3)15(26-17)11-14(2)19-20(21)28-19/h7-11,15-17,19-20H,5-6,12-13H2,1-4H3/b8-7+,10-9-/t15-,16-,17-,19-,20-,21-,22-,23+/m1/s1. The van der Waals surface area contributed by atoms with Gasteiger partial charge in [-0.2, -0.15) is 0 Å². The summed E-state index contributed by atoms with van der Waals surface area (Å²) in [4.78, 5) is 12.5. The van der Waals surface area contributed by atoms with E-state index < -0.39 is 0 Å². The van der Waals surface area contributed by atoms with E-state index in [-0.39, 0.29) is 52.9 Å². The van der Waals surface area contributed by atoms with Crippen molar-refractivity contribution in [3.05, 3.63) is 36.0 Å². The fourth-order valence-corrected chi connectivity index (χ4v) is 6.11. The molecule has 1 saturated carbocycles. The predicted molar refractivity (Wildman–Crippen MR) is 104 cm³/mol. The van der Waals surface area contributed by atoms with E-state index in [9.17, 15) is 4.79 Å². The zero-order valence-electron chi connectivity index (χ0n) is 17.1. The second-order valence-electron chi connectivity index (χ2n) is 9.33. The Balaban J connectivity index is 1.42. The molecule has 0 unspecified atom stereocenters. The maximum Gasteiger partial charge on any atom is 0.331 e. The van der Waals surface area contributed by atoms with E-state index in [0.717, 1.165) is 12.8 Å². The lowest BCUT2D eigenvalue weighted by atomic mass is 9.52. The molecule has 0 aromatic heterocycles. The zero-order chi connectivity index (χ0) is 19.7. The molecule has 0 aromatic rings. The normalized spacial score (nSPS) is 50.6. The first-order chi connectivity index (χ1) is 13.4. The van der Waals surface area contributed by atoms with Crippen LogP contribution in [0.25, 0.3) is 0 Å². The van der Waals surface area contributed by atoms with E-state index >= 15 is 0 Å². The van der Waals surface area contributed by atoms with E-state index in [1.165, 1.54) is 11.6 Å². The molecule has 0 N–H and O–H groups in total. The minimum absolute atomic E-state index is 0.0303. The van der Waals surface area contributed by atoms with Gasteiger partial charge in [0, 0.05) is 23.3 Å². The highest BCUT2D eigenvalue weighted by Crippen LogP contribution is 2.74. The molecule has 8 atom stereocenters. The molecule has 4 fully saturated rings. The van der Waals surface area contributed by atoms with Crippen molar-refractivity contribution in [2.75, 3.05) is 6.61 Å². The topological polar surface area (TPSA) is 60.6 Å². The lowest BCUT2D eigenvalue weighted by Gasteiger charge is -2.56. The molecule has 28 heavy (non-hydrogen) atoms. The molecule has 3 aliphatic heterocycles. The van der Waals surface area contributed by atoms with Gasteiger partial charge in [-0.1, -0.05) is 51.5 Å². The summed E-state index contributed by atoms with van der Waals surface area (Å²) in [5.74, 6) is -0.299. The number of ether oxygens (including phenoxy) is 4. The van der Waals surface area contributed by atoms with Crippen LogP contribution in [0.15, 0.2) is 36.0 Å². The Bertz CT molecular complexity index is 778. The Morgan fingerprint density at radius 3 is 2.82 bits per heavy atom. The number of allylic oxidation sites excluding steroid dienone is 3. The molecule has 0 radical (unpaired) electrons. The Kier molecular flexibility index (Phi) is 4.01. The van der Waals surface area contributed by atoms with Gasteiger partial charge >= 0.3 is 5.97 Å². The van der Waals surface area contributed by atoms with Gasteiger partial charge in [0.2, 0.25) is 0 Å². The van der Waals surface area contributed by atoms with Crippen LogP contribution < -0.4 is 0 Å². The molecule has 0 amide bonds. The summed E-state index contributed by atoms with van der Waals surface area (Å²) in [7, 11) is 0. The van der Waals surface area contributed by atoms with Crippen LogP contribution in [0.2, 0.25) is 0 Å². The van der Waals surface area contributed by atoms with Crippen LogP contribution in [0.5, 0.6) is 0 Å². The molecule has 2 bridgehead atoms. The molecule has 3 heterocycles. The summed E-state index contributed by atoms with van der Waals surface area (Å²) in [5, 5.41) is 0. The summed E-state index contributed by atoms with van der Waals surface area (Å²) in [6.45, 7) is 9.37. The molecule has 5 heteroatoms. The average molecular weight is 386 g/mol. The van der Waals surface area contributed by atoms with Crippen molar-refractivity contribution in [1.29, 1.82) is 0 Å². The predicted octanol–water partition coefficient (Wildman–Crippen LogP) is 3.49. The summed E-state index contributed by atoms with van der Waals surface area (Å²) in [6.07, 6.45) is 12.2. The van der Waals surface area contributed by atoms with Gasteiger partial charge in [-0.15, -0.1) is 0 Å². The SMILES string of the molecule is CCC/C=C/C=C\C(=O)O[C@@H]1C[C@H]2O[C@@H]3C=C(C)[C@H]4O[C@H]4[C@]3(C)[C@]1(C)[C@]21CO1. The van der Waals surface area contributed by atoms with Crippen molar-refractivity contribution in [1.82, 2.24) is 0 Å². The first kappa shape index (κ1) is 18.6. The summed E-state index contributed by atoms with van der Waals surface area (Å²) >= 11 is 0. The van der Waals surface area contributed by atoms with Gasteiger partial charge in [0.15, 0.2) is 0 Å². The van der Waals surface area contributed by atoms with Crippen LogP contribution in [0.1, 0.15) is 47.0 Å². The quantitative estimate of drug-likeness (QED) is 0.238. The molecule has 1 spiro atoms. The molecule has 5 nitrogen and oxygen atoms in total. The molecular weight excluding hydrogens is 356 g/mol. The van der Waals surface area contributed by atoms with Crippen LogP contribution in [0, 0.1) is 10.8 Å². The third kappa shape index (κ3) is 2.21. The van der Waals surface area contributed by atoms with Gasteiger partial charge in [-0.05, 0) is 18.9 Å². The minimum atomic E-state index is -0.358. The van der Waals surface area contributed by atoms with Gasteiger partial charge in [-0.25, -0.2) is 4.79 Å². The number of rotatable bonds is 5. The molecule has 0 aromatic carbocycles. The Morgan fingerprint density at radius 1 is 1.32 bits per heavy atom. The van der Waals surface area contributed by atoms with Crippen molar-refractivity contribution in [3.63, 3.8) is 0 Å². The highest BCUT2D eigenvalue weighted by molar-refractivity contribution is 5.82. The molecule has 2 aliphatic carbocycles. The summed E-state index contributed by atoms with van der Waals surface area (Å²) in [6, 6.07) is 0. The second kappa shape index (κ2) is 6.04. The average Bonchev–Trinajstić information content (AvgIpc) is 3.54. The maximum atomic E-state index is 12.5. The van der Waals surface area contributed by atoms with E-state index in [1.807, 2.05) is 6.08 Å². The molecule has 152 valence electrons. The van der Waals surface area contributed by atoms with E-state index in [4.69, 9.17) is 18.9 Å².